The van der Waals surface area contributed by atoms with Crippen LogP contribution >= 0.6 is 0 Å². The van der Waals surface area contributed by atoms with Gasteiger partial charge in [-0.15, -0.1) is 0 Å². The fraction of sp³-hybridized carbons (Fsp3) is 0.214. The molecule has 0 nitrogen and oxygen atoms in total. The van der Waals surface area contributed by atoms with Crippen molar-refractivity contribution in [1.29, 1.82) is 0 Å². The van der Waals surface area contributed by atoms with Crippen molar-refractivity contribution in [1.82, 2.24) is 0 Å². The number of aryl methyl sites for hydroxylation is 2. The van der Waals surface area contributed by atoms with Crippen molar-refractivity contribution < 1.29 is 0 Å². The lowest BCUT2D eigenvalue weighted by molar-refractivity contribution is 0.628. The molecule has 5 aromatic rings. The monoisotopic (exact) mass is 362 g/mol. The summed E-state index contributed by atoms with van der Waals surface area (Å²) in [5.74, 6) is 0.925. The van der Waals surface area contributed by atoms with E-state index in [4.69, 9.17) is 0 Å². The third-order valence-electron chi connectivity index (χ3n) is 6.76. The molecule has 0 heterocycles. The van der Waals surface area contributed by atoms with E-state index in [1.54, 1.807) is 0 Å². The fourth-order valence-electron chi connectivity index (χ4n) is 4.79. The first kappa shape index (κ1) is 17.3. The van der Waals surface area contributed by atoms with Gasteiger partial charge in [0.05, 0.1) is 0 Å². The largest absolute Gasteiger partial charge is 0.0590 e. The molecule has 5 rings (SSSR count). The van der Waals surface area contributed by atoms with Gasteiger partial charge in [-0.2, -0.15) is 0 Å². The van der Waals surface area contributed by atoms with Crippen molar-refractivity contribution in [3.8, 4) is 0 Å². The highest BCUT2D eigenvalue weighted by molar-refractivity contribution is 6.24. The van der Waals surface area contributed by atoms with Crippen LogP contribution in [-0.4, -0.2) is 0 Å². The van der Waals surface area contributed by atoms with E-state index in [0.717, 1.165) is 0 Å². The van der Waals surface area contributed by atoms with Gasteiger partial charge >= 0.3 is 0 Å². The van der Waals surface area contributed by atoms with Crippen LogP contribution in [0.1, 0.15) is 47.9 Å². The molecule has 2 atom stereocenters. The Morgan fingerprint density at radius 3 is 1.82 bits per heavy atom. The van der Waals surface area contributed by atoms with Gasteiger partial charge < -0.3 is 0 Å². The molecule has 0 N–H and O–H groups in total. The minimum absolute atomic E-state index is 0.452. The zero-order chi connectivity index (χ0) is 19.4. The molecule has 0 fully saturated rings. The van der Waals surface area contributed by atoms with Crippen LogP contribution in [0.25, 0.3) is 32.3 Å². The van der Waals surface area contributed by atoms with Gasteiger partial charge in [0, 0.05) is 0 Å². The van der Waals surface area contributed by atoms with Crippen LogP contribution in [0.15, 0.2) is 72.8 Å². The fourth-order valence-corrected chi connectivity index (χ4v) is 4.79. The van der Waals surface area contributed by atoms with Crippen LogP contribution < -0.4 is 0 Å². The SMILES string of the molecule is Cc1ccc(C(C)C(C)c2ccc3ccc4c(C)ccc5ccc2c3c54)cc1. The zero-order valence-electron chi connectivity index (χ0n) is 17.1. The van der Waals surface area contributed by atoms with E-state index in [1.165, 1.54) is 54.6 Å². The van der Waals surface area contributed by atoms with Gasteiger partial charge in [-0.1, -0.05) is 92.2 Å². The van der Waals surface area contributed by atoms with Crippen molar-refractivity contribution in [3.05, 3.63) is 95.1 Å². The second-order valence-corrected chi connectivity index (χ2v) is 8.45. The molecule has 28 heavy (non-hydrogen) atoms. The van der Waals surface area contributed by atoms with E-state index in [9.17, 15) is 0 Å². The smallest absolute Gasteiger partial charge is 0.00238 e. The van der Waals surface area contributed by atoms with Gasteiger partial charge in [0.2, 0.25) is 0 Å². The topological polar surface area (TPSA) is 0 Å². The number of hydrogen-bond acceptors (Lipinski definition) is 0. The first-order valence-corrected chi connectivity index (χ1v) is 10.3. The Hall–Kier alpha value is -2.86. The van der Waals surface area contributed by atoms with Gasteiger partial charge in [-0.25, -0.2) is 0 Å². The molecule has 0 saturated carbocycles. The third kappa shape index (κ3) is 2.52. The van der Waals surface area contributed by atoms with Gasteiger partial charge in [0.15, 0.2) is 0 Å². The molecule has 0 aliphatic rings. The number of benzene rings is 5. The van der Waals surface area contributed by atoms with E-state index in [2.05, 4.69) is 100 Å². The minimum Gasteiger partial charge on any atom is -0.0590 e. The summed E-state index contributed by atoms with van der Waals surface area (Å²) < 4.78 is 0. The average molecular weight is 363 g/mol. The molecule has 0 aliphatic carbocycles. The van der Waals surface area contributed by atoms with Gasteiger partial charge in [0.25, 0.3) is 0 Å². The molecular formula is C28H26. The van der Waals surface area contributed by atoms with Crippen LogP contribution in [0.3, 0.4) is 0 Å². The summed E-state index contributed by atoms with van der Waals surface area (Å²) in [5, 5.41) is 8.33. The van der Waals surface area contributed by atoms with Crippen LogP contribution in [0, 0.1) is 13.8 Å². The predicted octanol–water partition coefficient (Wildman–Crippen LogP) is 8.11. The molecule has 5 aromatic carbocycles. The second kappa shape index (κ2) is 6.34. The summed E-state index contributed by atoms with van der Waals surface area (Å²) in [5.41, 5.74) is 5.55. The second-order valence-electron chi connectivity index (χ2n) is 8.45. The molecular weight excluding hydrogens is 336 g/mol. The summed E-state index contributed by atoms with van der Waals surface area (Å²) in [6.07, 6.45) is 0. The van der Waals surface area contributed by atoms with Crippen molar-refractivity contribution >= 4 is 32.3 Å². The van der Waals surface area contributed by atoms with E-state index >= 15 is 0 Å². The first-order chi connectivity index (χ1) is 13.5. The van der Waals surface area contributed by atoms with Crippen molar-refractivity contribution in [2.24, 2.45) is 0 Å². The molecule has 0 heteroatoms. The van der Waals surface area contributed by atoms with Crippen LogP contribution in [0.4, 0.5) is 0 Å². The Bertz CT molecular complexity index is 1290. The van der Waals surface area contributed by atoms with E-state index < -0.39 is 0 Å². The number of rotatable bonds is 3. The minimum atomic E-state index is 0.452. The van der Waals surface area contributed by atoms with Gasteiger partial charge in [0.1, 0.15) is 0 Å². The Morgan fingerprint density at radius 1 is 0.536 bits per heavy atom. The van der Waals surface area contributed by atoms with Crippen LogP contribution in [0.5, 0.6) is 0 Å². The third-order valence-corrected chi connectivity index (χ3v) is 6.76. The highest BCUT2D eigenvalue weighted by atomic mass is 14.2. The highest BCUT2D eigenvalue weighted by Crippen LogP contribution is 2.41. The molecule has 0 radical (unpaired) electrons. The lowest BCUT2D eigenvalue weighted by atomic mass is 9.80. The van der Waals surface area contributed by atoms with Crippen LogP contribution in [-0.2, 0) is 0 Å². The van der Waals surface area contributed by atoms with Crippen LogP contribution in [0.2, 0.25) is 0 Å². The summed E-state index contributed by atoms with van der Waals surface area (Å²) in [6.45, 7) is 9.11. The van der Waals surface area contributed by atoms with E-state index in [-0.39, 0.29) is 0 Å². The summed E-state index contributed by atoms with van der Waals surface area (Å²) in [7, 11) is 0. The van der Waals surface area contributed by atoms with Crippen molar-refractivity contribution in [2.75, 3.05) is 0 Å². The average Bonchev–Trinajstić information content (AvgIpc) is 2.72. The summed E-state index contributed by atoms with van der Waals surface area (Å²) in [4.78, 5) is 0. The molecule has 0 amide bonds. The molecule has 0 aromatic heterocycles. The molecule has 138 valence electrons. The predicted molar refractivity (Wildman–Crippen MR) is 123 cm³/mol. The first-order valence-electron chi connectivity index (χ1n) is 10.3. The Balaban J connectivity index is 1.73. The molecule has 0 aliphatic heterocycles. The molecule has 0 saturated heterocycles. The number of hydrogen-bond donors (Lipinski definition) is 0. The zero-order valence-corrected chi connectivity index (χ0v) is 17.1. The maximum atomic E-state index is 2.38. The van der Waals surface area contributed by atoms with Gasteiger partial charge in [-0.3, -0.25) is 0 Å². The maximum Gasteiger partial charge on any atom is -0.00238 e. The Kier molecular flexibility index (Phi) is 3.91. The van der Waals surface area contributed by atoms with Gasteiger partial charge in [-0.05, 0) is 74.7 Å². The Labute approximate surface area is 167 Å². The van der Waals surface area contributed by atoms with Crippen molar-refractivity contribution in [2.45, 2.75) is 39.5 Å². The molecule has 0 spiro atoms. The molecule has 2 unspecified atom stereocenters. The normalized spacial score (nSPS) is 14.1. The summed E-state index contributed by atoms with van der Waals surface area (Å²) in [6, 6.07) is 27.4. The Morgan fingerprint density at radius 2 is 1.11 bits per heavy atom. The standard InChI is InChI=1S/C28H26/c1-17-5-8-21(9-6-17)19(3)20(4)25-15-12-23-11-14-24-18(2)7-10-22-13-16-26(25)28(23)27(22)24/h5-16,19-20H,1-4H3. The molecule has 0 bridgehead atoms. The quantitative estimate of drug-likeness (QED) is 0.284. The summed E-state index contributed by atoms with van der Waals surface area (Å²) >= 11 is 0. The lowest BCUT2D eigenvalue weighted by Gasteiger charge is -2.24. The van der Waals surface area contributed by atoms with E-state index in [1.807, 2.05) is 0 Å². The van der Waals surface area contributed by atoms with E-state index in [0.29, 0.717) is 11.8 Å². The highest BCUT2D eigenvalue weighted by Gasteiger charge is 2.20. The maximum absolute atomic E-state index is 2.38. The lowest BCUT2D eigenvalue weighted by Crippen LogP contribution is -2.06. The van der Waals surface area contributed by atoms with Crippen molar-refractivity contribution in [3.63, 3.8) is 0 Å².